The molecule has 0 radical (unpaired) electrons. The lowest BCUT2D eigenvalue weighted by Crippen LogP contribution is -2.32. The smallest absolute Gasteiger partial charge is 0.182 e. The average molecular weight is 558 g/mol. The number of benzene rings is 4. The molecule has 7 N–H and O–H groups in total. The van der Waals surface area contributed by atoms with Crippen LogP contribution in [0.2, 0.25) is 0 Å². The van der Waals surface area contributed by atoms with Crippen LogP contribution in [0.5, 0.6) is 51.7 Å². The van der Waals surface area contributed by atoms with Gasteiger partial charge in [-0.25, -0.2) is 0 Å². The highest BCUT2D eigenvalue weighted by Crippen LogP contribution is 2.55. The van der Waals surface area contributed by atoms with Gasteiger partial charge in [-0.3, -0.25) is 9.59 Å². The molecule has 0 spiro atoms. The van der Waals surface area contributed by atoms with E-state index in [2.05, 4.69) is 0 Å². The van der Waals surface area contributed by atoms with Crippen LogP contribution >= 0.6 is 0 Å². The summed E-state index contributed by atoms with van der Waals surface area (Å²) in [4.78, 5) is 27.4. The number of carbonyl (C=O) groups is 2. The number of aromatic hydroxyl groups is 7. The van der Waals surface area contributed by atoms with E-state index in [1.54, 1.807) is 0 Å². The molecular weight excluding hydrogens is 536 g/mol. The first-order valence-corrected chi connectivity index (χ1v) is 12.4. The molecule has 2 aliphatic heterocycles. The molecule has 0 saturated carbocycles. The minimum absolute atomic E-state index is 0.0677. The number of ketones is 2. The van der Waals surface area contributed by atoms with Gasteiger partial charge in [0, 0.05) is 18.2 Å². The second kappa shape index (κ2) is 9.26. The van der Waals surface area contributed by atoms with Gasteiger partial charge in [-0.05, 0) is 35.4 Å². The van der Waals surface area contributed by atoms with Gasteiger partial charge >= 0.3 is 0 Å². The maximum Gasteiger partial charge on any atom is 0.182 e. The van der Waals surface area contributed by atoms with Gasteiger partial charge in [-0.2, -0.15) is 0 Å². The van der Waals surface area contributed by atoms with Crippen LogP contribution in [-0.2, 0) is 0 Å². The highest BCUT2D eigenvalue weighted by molar-refractivity contribution is 6.09. The van der Waals surface area contributed by atoms with Gasteiger partial charge < -0.3 is 45.2 Å². The molecule has 208 valence electrons. The van der Waals surface area contributed by atoms with Gasteiger partial charge in [0.15, 0.2) is 23.1 Å². The Kier molecular flexibility index (Phi) is 5.80. The Balaban J connectivity index is 1.57. The third-order valence-corrected chi connectivity index (χ3v) is 7.24. The molecule has 0 amide bonds. The van der Waals surface area contributed by atoms with E-state index in [9.17, 15) is 45.3 Å². The molecule has 0 aliphatic carbocycles. The van der Waals surface area contributed by atoms with Crippen molar-refractivity contribution in [3.05, 3.63) is 88.5 Å². The quantitative estimate of drug-likeness (QED) is 0.176. The summed E-state index contributed by atoms with van der Waals surface area (Å²) in [6.45, 7) is 0. The van der Waals surface area contributed by atoms with Gasteiger partial charge in [0.05, 0.1) is 17.9 Å². The molecule has 6 rings (SSSR count). The Morgan fingerprint density at radius 1 is 0.610 bits per heavy atom. The first kappa shape index (κ1) is 25.7. The standard InChI is InChI=1S/C30H22O11/c31-14-4-1-12(2-5-14)29-27(28(39)25-18(35)8-15(32)9-23(25)41-29)26-20(37)10-19(36)24-21(38)11-22(40-30(24)26)13-3-6-16(33)17(34)7-13/h1-10,22,27,29,31-37H,11H2/t22?,27-,29+/m0/s1. The first-order chi connectivity index (χ1) is 19.5. The minimum Gasteiger partial charge on any atom is -0.508 e. The van der Waals surface area contributed by atoms with Crippen molar-refractivity contribution in [2.45, 2.75) is 24.5 Å². The molecular formula is C30H22O11. The summed E-state index contributed by atoms with van der Waals surface area (Å²) in [5.74, 6) is -6.26. The predicted molar refractivity (Wildman–Crippen MR) is 140 cm³/mol. The lowest BCUT2D eigenvalue weighted by atomic mass is 9.78. The fourth-order valence-electron chi connectivity index (χ4n) is 5.35. The second-order valence-electron chi connectivity index (χ2n) is 9.82. The normalized spacial score (nSPS) is 19.6. The van der Waals surface area contributed by atoms with E-state index in [4.69, 9.17) is 9.47 Å². The highest BCUT2D eigenvalue weighted by atomic mass is 16.5. The molecule has 0 fully saturated rings. The summed E-state index contributed by atoms with van der Waals surface area (Å²) in [5, 5.41) is 71.9. The van der Waals surface area contributed by atoms with Crippen LogP contribution in [0, 0.1) is 0 Å². The van der Waals surface area contributed by atoms with Crippen molar-refractivity contribution in [1.29, 1.82) is 0 Å². The maximum atomic E-state index is 14.1. The van der Waals surface area contributed by atoms with E-state index in [0.29, 0.717) is 11.1 Å². The van der Waals surface area contributed by atoms with E-state index in [1.165, 1.54) is 42.5 Å². The van der Waals surface area contributed by atoms with Crippen LogP contribution < -0.4 is 9.47 Å². The third kappa shape index (κ3) is 4.15. The van der Waals surface area contributed by atoms with Crippen molar-refractivity contribution in [2.75, 3.05) is 0 Å². The molecule has 1 unspecified atom stereocenters. The molecule has 41 heavy (non-hydrogen) atoms. The Morgan fingerprint density at radius 2 is 1.29 bits per heavy atom. The second-order valence-corrected chi connectivity index (χ2v) is 9.82. The van der Waals surface area contributed by atoms with E-state index >= 15 is 0 Å². The molecule has 2 aliphatic rings. The SMILES string of the molecule is O=C1CC(c2ccc(O)c(O)c2)Oc2c1c(O)cc(O)c2[C@H]1C(=O)c2c(O)cc(O)cc2O[C@@H]1c1ccc(O)cc1. The number of rotatable bonds is 3. The monoisotopic (exact) mass is 558 g/mol. The lowest BCUT2D eigenvalue weighted by molar-refractivity contribution is 0.0738. The van der Waals surface area contributed by atoms with E-state index < -0.39 is 58.4 Å². The van der Waals surface area contributed by atoms with Crippen molar-refractivity contribution < 1.29 is 54.8 Å². The number of hydrogen-bond acceptors (Lipinski definition) is 11. The van der Waals surface area contributed by atoms with Crippen LogP contribution in [-0.4, -0.2) is 47.3 Å². The summed E-state index contributed by atoms with van der Waals surface area (Å²) < 4.78 is 12.2. The van der Waals surface area contributed by atoms with E-state index in [1.807, 2.05) is 0 Å². The van der Waals surface area contributed by atoms with Crippen molar-refractivity contribution in [3.63, 3.8) is 0 Å². The Hall–Kier alpha value is -5.58. The van der Waals surface area contributed by atoms with E-state index in [0.717, 1.165) is 18.2 Å². The zero-order valence-electron chi connectivity index (χ0n) is 21.0. The maximum absolute atomic E-state index is 14.1. The Labute approximate surface area is 231 Å². The summed E-state index contributed by atoms with van der Waals surface area (Å²) in [7, 11) is 0. The number of carbonyl (C=O) groups excluding carboxylic acids is 2. The van der Waals surface area contributed by atoms with Crippen molar-refractivity contribution in [1.82, 2.24) is 0 Å². The van der Waals surface area contributed by atoms with Crippen molar-refractivity contribution in [3.8, 4) is 51.7 Å². The van der Waals surface area contributed by atoms with Crippen LogP contribution in [0.3, 0.4) is 0 Å². The lowest BCUT2D eigenvalue weighted by Gasteiger charge is -2.36. The molecule has 3 atom stereocenters. The fourth-order valence-corrected chi connectivity index (χ4v) is 5.35. The van der Waals surface area contributed by atoms with Crippen LogP contribution in [0.25, 0.3) is 0 Å². The van der Waals surface area contributed by atoms with Gasteiger partial charge in [0.2, 0.25) is 0 Å². The zero-order chi connectivity index (χ0) is 29.2. The minimum atomic E-state index is -1.45. The van der Waals surface area contributed by atoms with Gasteiger partial charge in [0.1, 0.15) is 63.6 Å². The first-order valence-electron chi connectivity index (χ1n) is 12.4. The number of hydrogen-bond donors (Lipinski definition) is 7. The topological polar surface area (TPSA) is 194 Å². The molecule has 11 heteroatoms. The van der Waals surface area contributed by atoms with E-state index in [-0.39, 0.29) is 46.1 Å². The number of phenols is 7. The zero-order valence-corrected chi connectivity index (χ0v) is 21.0. The molecule has 0 bridgehead atoms. The fraction of sp³-hybridized carbons (Fsp3) is 0.133. The average Bonchev–Trinajstić information content (AvgIpc) is 2.90. The molecule has 0 aromatic heterocycles. The van der Waals surface area contributed by atoms with Crippen molar-refractivity contribution in [2.24, 2.45) is 0 Å². The van der Waals surface area contributed by atoms with Gasteiger partial charge in [-0.1, -0.05) is 18.2 Å². The Bertz CT molecular complexity index is 1740. The predicted octanol–water partition coefficient (Wildman–Crippen LogP) is 4.43. The number of ether oxygens (including phenoxy) is 2. The van der Waals surface area contributed by atoms with Crippen LogP contribution in [0.15, 0.2) is 60.7 Å². The van der Waals surface area contributed by atoms with Crippen molar-refractivity contribution >= 4 is 11.6 Å². The molecule has 11 nitrogen and oxygen atoms in total. The van der Waals surface area contributed by atoms with Crippen LogP contribution in [0.1, 0.15) is 62.0 Å². The molecule has 4 aromatic rings. The molecule has 0 saturated heterocycles. The van der Waals surface area contributed by atoms with Gasteiger partial charge in [-0.15, -0.1) is 0 Å². The highest BCUT2D eigenvalue weighted by Gasteiger charge is 2.46. The summed E-state index contributed by atoms with van der Waals surface area (Å²) in [5.41, 5.74) is -0.118. The third-order valence-electron chi connectivity index (χ3n) is 7.24. The number of phenolic OH excluding ortho intramolecular Hbond substituents is 7. The largest absolute Gasteiger partial charge is 0.508 e. The molecule has 2 heterocycles. The van der Waals surface area contributed by atoms with Crippen LogP contribution in [0.4, 0.5) is 0 Å². The Morgan fingerprint density at radius 3 is 2.00 bits per heavy atom. The molecule has 4 aromatic carbocycles. The summed E-state index contributed by atoms with van der Waals surface area (Å²) >= 11 is 0. The summed E-state index contributed by atoms with van der Waals surface area (Å²) in [6, 6.07) is 12.5. The number of Topliss-reactive ketones (excluding diaryl/α,β-unsaturated/α-hetero) is 2. The number of fused-ring (bicyclic) bond motifs is 2. The van der Waals surface area contributed by atoms with Gasteiger partial charge in [0.25, 0.3) is 0 Å². The summed E-state index contributed by atoms with van der Waals surface area (Å²) in [6.07, 6.45) is -2.52.